The van der Waals surface area contributed by atoms with Gasteiger partial charge in [0.1, 0.15) is 10.5 Å². The number of rotatable bonds is 4. The molecule has 31 heavy (non-hydrogen) atoms. The first-order valence-corrected chi connectivity index (χ1v) is 11.1. The minimum absolute atomic E-state index is 0.0177. The number of carbonyl (C=O) groups is 1. The van der Waals surface area contributed by atoms with Crippen LogP contribution in [0.15, 0.2) is 71.7 Å². The van der Waals surface area contributed by atoms with Crippen LogP contribution >= 0.6 is 11.3 Å². The smallest absolute Gasteiger partial charge is 0.266 e. The first-order valence-electron chi connectivity index (χ1n) is 10.3. The molecule has 0 bridgehead atoms. The first kappa shape index (κ1) is 19.7. The average Bonchev–Trinajstić information content (AvgIpc) is 3.24. The summed E-state index contributed by atoms with van der Waals surface area (Å²) < 4.78 is 1.52. The predicted octanol–water partition coefficient (Wildman–Crippen LogP) is 3.38. The molecule has 5 rings (SSSR count). The third kappa shape index (κ3) is 4.02. The van der Waals surface area contributed by atoms with Crippen LogP contribution < -0.4 is 5.56 Å². The number of carbonyl (C=O) groups excluding carboxylic acids is 1. The minimum atomic E-state index is -0.133. The Hall–Kier alpha value is -3.29. The summed E-state index contributed by atoms with van der Waals surface area (Å²) in [5.74, 6) is -0.0177. The number of hydrogen-bond donors (Lipinski definition) is 0. The van der Waals surface area contributed by atoms with Crippen LogP contribution in [0.5, 0.6) is 0 Å². The Morgan fingerprint density at radius 2 is 1.81 bits per heavy atom. The standard InChI is InChI=1S/C24H22N4O2S/c29-23-19-17-20(31-22(19)25-21-10-4-5-12-28(21)23)24(30)27-15-13-26(14-16-27)11-6-9-18-7-2-1-3-8-18/h1-10,12,17H,11,13-16H2/b9-6+. The van der Waals surface area contributed by atoms with Crippen LogP contribution in [-0.2, 0) is 0 Å². The molecule has 1 amide bonds. The summed E-state index contributed by atoms with van der Waals surface area (Å²) in [7, 11) is 0. The van der Waals surface area contributed by atoms with E-state index in [1.54, 1.807) is 24.4 Å². The summed E-state index contributed by atoms with van der Waals surface area (Å²) in [6.45, 7) is 3.90. The van der Waals surface area contributed by atoms with Crippen molar-refractivity contribution in [1.82, 2.24) is 19.2 Å². The normalized spacial score (nSPS) is 15.3. The van der Waals surface area contributed by atoms with E-state index < -0.39 is 0 Å². The van der Waals surface area contributed by atoms with Gasteiger partial charge in [0.05, 0.1) is 10.3 Å². The Kier molecular flexibility index (Phi) is 5.36. The lowest BCUT2D eigenvalue weighted by Crippen LogP contribution is -2.48. The first-order chi connectivity index (χ1) is 15.2. The fourth-order valence-corrected chi connectivity index (χ4v) is 4.84. The van der Waals surface area contributed by atoms with Crippen LogP contribution in [0.1, 0.15) is 15.2 Å². The van der Waals surface area contributed by atoms with E-state index in [-0.39, 0.29) is 11.5 Å². The summed E-state index contributed by atoms with van der Waals surface area (Å²) in [4.78, 5) is 35.7. The quantitative estimate of drug-likeness (QED) is 0.498. The second-order valence-corrected chi connectivity index (χ2v) is 8.61. The van der Waals surface area contributed by atoms with Crippen LogP contribution in [0.4, 0.5) is 0 Å². The fourth-order valence-electron chi connectivity index (χ4n) is 3.85. The van der Waals surface area contributed by atoms with Gasteiger partial charge in [-0.2, -0.15) is 0 Å². The van der Waals surface area contributed by atoms with Gasteiger partial charge in [0.2, 0.25) is 0 Å². The maximum absolute atomic E-state index is 13.0. The van der Waals surface area contributed by atoms with Crippen LogP contribution in [0.3, 0.4) is 0 Å². The van der Waals surface area contributed by atoms with Crippen molar-refractivity contribution >= 4 is 39.2 Å². The monoisotopic (exact) mass is 430 g/mol. The highest BCUT2D eigenvalue weighted by Crippen LogP contribution is 2.24. The van der Waals surface area contributed by atoms with Gasteiger partial charge in [0.15, 0.2) is 0 Å². The molecule has 1 aliphatic heterocycles. The Labute approximate surface area is 183 Å². The van der Waals surface area contributed by atoms with Gasteiger partial charge in [0.25, 0.3) is 11.5 Å². The van der Waals surface area contributed by atoms with Crippen molar-refractivity contribution in [3.63, 3.8) is 0 Å². The van der Waals surface area contributed by atoms with Crippen molar-refractivity contribution in [2.75, 3.05) is 32.7 Å². The van der Waals surface area contributed by atoms with Crippen molar-refractivity contribution in [1.29, 1.82) is 0 Å². The maximum Gasteiger partial charge on any atom is 0.266 e. The number of aromatic nitrogens is 2. The van der Waals surface area contributed by atoms with E-state index >= 15 is 0 Å². The summed E-state index contributed by atoms with van der Waals surface area (Å²) in [5.41, 5.74) is 1.65. The lowest BCUT2D eigenvalue weighted by molar-refractivity contribution is 0.0655. The third-order valence-corrected chi connectivity index (χ3v) is 6.58. The van der Waals surface area contributed by atoms with Crippen molar-refractivity contribution in [3.8, 4) is 0 Å². The minimum Gasteiger partial charge on any atom is -0.335 e. The lowest BCUT2D eigenvalue weighted by atomic mass is 10.2. The summed E-state index contributed by atoms with van der Waals surface area (Å²) in [5, 5.41) is 0.502. The van der Waals surface area contributed by atoms with Gasteiger partial charge >= 0.3 is 0 Å². The van der Waals surface area contributed by atoms with E-state index in [2.05, 4.69) is 34.2 Å². The molecule has 4 heterocycles. The van der Waals surface area contributed by atoms with Gasteiger partial charge in [-0.25, -0.2) is 4.98 Å². The molecule has 0 unspecified atom stereocenters. The number of thiophene rings is 1. The highest BCUT2D eigenvalue weighted by molar-refractivity contribution is 7.20. The summed E-state index contributed by atoms with van der Waals surface area (Å²) in [6, 6.07) is 17.4. The van der Waals surface area contributed by atoms with Crippen molar-refractivity contribution in [3.05, 3.63) is 87.7 Å². The number of nitrogens with zero attached hydrogens (tertiary/aromatic N) is 4. The highest BCUT2D eigenvalue weighted by atomic mass is 32.1. The molecule has 0 aliphatic carbocycles. The van der Waals surface area contributed by atoms with Gasteiger partial charge in [-0.1, -0.05) is 48.6 Å². The Morgan fingerprint density at radius 3 is 2.61 bits per heavy atom. The zero-order valence-electron chi connectivity index (χ0n) is 17.0. The van der Waals surface area contributed by atoms with E-state index in [1.807, 2.05) is 29.2 Å². The molecule has 1 aromatic carbocycles. The van der Waals surface area contributed by atoms with E-state index in [0.29, 0.717) is 33.8 Å². The maximum atomic E-state index is 13.0. The van der Waals surface area contributed by atoms with Gasteiger partial charge in [0, 0.05) is 38.9 Å². The fraction of sp³-hybridized carbons (Fsp3) is 0.208. The number of benzene rings is 1. The number of piperazine rings is 1. The molecule has 0 saturated carbocycles. The second kappa shape index (κ2) is 8.45. The number of pyridine rings is 1. The van der Waals surface area contributed by atoms with E-state index in [4.69, 9.17) is 0 Å². The highest BCUT2D eigenvalue weighted by Gasteiger charge is 2.24. The van der Waals surface area contributed by atoms with E-state index in [1.165, 1.54) is 21.3 Å². The molecular formula is C24H22N4O2S. The largest absolute Gasteiger partial charge is 0.335 e. The van der Waals surface area contributed by atoms with Gasteiger partial charge in [-0.15, -0.1) is 11.3 Å². The topological polar surface area (TPSA) is 57.9 Å². The van der Waals surface area contributed by atoms with Crippen LogP contribution in [0, 0.1) is 0 Å². The zero-order valence-corrected chi connectivity index (χ0v) is 17.8. The zero-order chi connectivity index (χ0) is 21.2. The molecule has 0 spiro atoms. The number of hydrogen-bond acceptors (Lipinski definition) is 5. The molecule has 1 fully saturated rings. The number of fused-ring (bicyclic) bond motifs is 2. The molecule has 3 aromatic heterocycles. The van der Waals surface area contributed by atoms with Crippen molar-refractivity contribution < 1.29 is 4.79 Å². The molecule has 0 N–H and O–H groups in total. The van der Waals surface area contributed by atoms with Gasteiger partial charge in [-0.3, -0.25) is 18.9 Å². The van der Waals surface area contributed by atoms with Crippen LogP contribution in [0.2, 0.25) is 0 Å². The third-order valence-electron chi connectivity index (χ3n) is 5.56. The molecule has 0 atom stereocenters. The summed E-state index contributed by atoms with van der Waals surface area (Å²) >= 11 is 1.30. The van der Waals surface area contributed by atoms with E-state index in [0.717, 1.165) is 19.6 Å². The van der Waals surface area contributed by atoms with Crippen molar-refractivity contribution in [2.24, 2.45) is 0 Å². The SMILES string of the molecule is O=C(c1cc2c(=O)n3ccccc3nc2s1)N1CCN(C/C=C/c2ccccc2)CC1. The Bertz CT molecular complexity index is 1320. The Morgan fingerprint density at radius 1 is 1.03 bits per heavy atom. The van der Waals surface area contributed by atoms with E-state index in [9.17, 15) is 9.59 Å². The molecular weight excluding hydrogens is 408 g/mol. The lowest BCUT2D eigenvalue weighted by Gasteiger charge is -2.33. The summed E-state index contributed by atoms with van der Waals surface area (Å²) in [6.07, 6.45) is 6.00. The van der Waals surface area contributed by atoms with Gasteiger partial charge < -0.3 is 4.90 Å². The second-order valence-electron chi connectivity index (χ2n) is 7.58. The molecule has 1 saturated heterocycles. The average molecular weight is 431 g/mol. The number of amides is 1. The van der Waals surface area contributed by atoms with Crippen molar-refractivity contribution in [2.45, 2.75) is 0 Å². The van der Waals surface area contributed by atoms with Crippen LogP contribution in [0.25, 0.3) is 21.9 Å². The Balaban J connectivity index is 1.25. The predicted molar refractivity (Wildman–Crippen MR) is 125 cm³/mol. The van der Waals surface area contributed by atoms with Crippen LogP contribution in [-0.4, -0.2) is 57.8 Å². The van der Waals surface area contributed by atoms with Gasteiger partial charge in [-0.05, 0) is 23.8 Å². The molecule has 6 nitrogen and oxygen atoms in total. The molecule has 4 aromatic rings. The molecule has 0 radical (unpaired) electrons. The molecule has 7 heteroatoms. The molecule has 1 aliphatic rings. The molecule has 156 valence electrons.